The number of carbonyl (C=O) groups is 1. The Hall–Kier alpha value is -4.58. The first-order chi connectivity index (χ1) is 16.7. The van der Waals surface area contributed by atoms with Crippen LogP contribution in [0.15, 0.2) is 103 Å². The summed E-state index contributed by atoms with van der Waals surface area (Å²) in [6.45, 7) is 1.03. The van der Waals surface area contributed by atoms with Gasteiger partial charge in [-0.05, 0) is 23.8 Å². The van der Waals surface area contributed by atoms with Crippen LogP contribution in [0.1, 0.15) is 16.8 Å². The molecule has 3 aromatic carbocycles. The summed E-state index contributed by atoms with van der Waals surface area (Å²) in [7, 11) is 0. The lowest BCUT2D eigenvalue weighted by Crippen LogP contribution is -2.20. The fourth-order valence-electron chi connectivity index (χ4n) is 3.74. The van der Waals surface area contributed by atoms with Crippen molar-refractivity contribution in [2.75, 3.05) is 0 Å². The maximum atomic E-state index is 12.5. The van der Waals surface area contributed by atoms with E-state index in [-0.39, 0.29) is 5.91 Å². The van der Waals surface area contributed by atoms with Crippen molar-refractivity contribution in [3.63, 3.8) is 0 Å². The van der Waals surface area contributed by atoms with Crippen molar-refractivity contribution in [3.05, 3.63) is 120 Å². The second kappa shape index (κ2) is 9.92. The van der Waals surface area contributed by atoms with E-state index in [2.05, 4.69) is 27.4 Å². The van der Waals surface area contributed by atoms with Gasteiger partial charge in [-0.1, -0.05) is 72.8 Å². The van der Waals surface area contributed by atoms with Crippen LogP contribution >= 0.6 is 0 Å². The van der Waals surface area contributed by atoms with Gasteiger partial charge in [-0.25, -0.2) is 4.98 Å². The third kappa shape index (κ3) is 5.07. The third-order valence-electron chi connectivity index (χ3n) is 5.40. The molecule has 0 aliphatic carbocycles. The van der Waals surface area contributed by atoms with E-state index in [1.807, 2.05) is 83.7 Å². The number of aromatic nitrogens is 4. The van der Waals surface area contributed by atoms with Crippen LogP contribution in [0.3, 0.4) is 0 Å². The predicted octanol–water partition coefficient (Wildman–Crippen LogP) is 4.87. The lowest BCUT2D eigenvalue weighted by molar-refractivity contribution is -0.116. The molecule has 1 N–H and O–H groups in total. The predicted molar refractivity (Wildman–Crippen MR) is 134 cm³/mol. The van der Waals surface area contributed by atoms with Crippen LogP contribution in [-0.4, -0.2) is 25.7 Å². The molecule has 0 spiro atoms. The second-order valence-corrected chi connectivity index (χ2v) is 7.89. The largest absolute Gasteiger partial charge is 0.348 e. The molecule has 0 unspecified atom stereocenters. The molecule has 6 nitrogen and oxygen atoms in total. The number of rotatable bonds is 7. The van der Waals surface area contributed by atoms with E-state index < -0.39 is 0 Å². The number of nitrogens with one attached hydrogen (secondary N) is 1. The first kappa shape index (κ1) is 21.3. The Kier molecular flexibility index (Phi) is 6.21. The summed E-state index contributed by atoms with van der Waals surface area (Å²) in [6.07, 6.45) is 6.81. The molecule has 0 radical (unpaired) electrons. The van der Waals surface area contributed by atoms with Gasteiger partial charge in [0.1, 0.15) is 0 Å². The maximum Gasteiger partial charge on any atom is 0.244 e. The van der Waals surface area contributed by atoms with E-state index in [9.17, 15) is 4.79 Å². The molecule has 2 heterocycles. The number of hydrogen-bond acceptors (Lipinski definition) is 4. The summed E-state index contributed by atoms with van der Waals surface area (Å²) in [4.78, 5) is 21.4. The standard InChI is InChI=1S/C28H23N5O/c34-27(16-15-24-18-29-25-13-7-8-14-26(25)31-24)30-17-23-20-33(19-21-9-3-1-4-10-21)32-28(23)22-11-5-2-6-12-22/h1-16,18,20H,17,19H2,(H,30,34)/b16-15+. The maximum absolute atomic E-state index is 12.5. The van der Waals surface area contributed by atoms with Gasteiger partial charge in [0.2, 0.25) is 5.91 Å². The van der Waals surface area contributed by atoms with Crippen molar-refractivity contribution in [1.82, 2.24) is 25.1 Å². The molecular weight excluding hydrogens is 422 g/mol. The van der Waals surface area contributed by atoms with E-state index in [1.165, 1.54) is 11.6 Å². The normalized spacial score (nSPS) is 11.2. The number of para-hydroxylation sites is 2. The fourth-order valence-corrected chi connectivity index (χ4v) is 3.74. The van der Waals surface area contributed by atoms with Crippen LogP contribution in [0.2, 0.25) is 0 Å². The van der Waals surface area contributed by atoms with Gasteiger partial charge < -0.3 is 5.32 Å². The van der Waals surface area contributed by atoms with E-state index in [0.29, 0.717) is 18.8 Å². The molecule has 6 heteroatoms. The highest BCUT2D eigenvalue weighted by Gasteiger charge is 2.12. The topological polar surface area (TPSA) is 72.7 Å². The van der Waals surface area contributed by atoms with Crippen LogP contribution in [-0.2, 0) is 17.9 Å². The zero-order valence-electron chi connectivity index (χ0n) is 18.5. The molecular formula is C28H23N5O. The molecule has 0 aliphatic rings. The first-order valence-corrected chi connectivity index (χ1v) is 11.1. The first-order valence-electron chi connectivity index (χ1n) is 11.1. The van der Waals surface area contributed by atoms with Crippen molar-refractivity contribution in [2.24, 2.45) is 0 Å². The molecule has 0 aliphatic heterocycles. The Morgan fingerprint density at radius 1 is 0.882 bits per heavy atom. The molecule has 1 amide bonds. The van der Waals surface area contributed by atoms with Crippen LogP contribution < -0.4 is 5.32 Å². The number of benzene rings is 3. The minimum absolute atomic E-state index is 0.204. The minimum Gasteiger partial charge on any atom is -0.348 e. The summed E-state index contributed by atoms with van der Waals surface area (Å²) in [5, 5.41) is 7.77. The van der Waals surface area contributed by atoms with Crippen molar-refractivity contribution < 1.29 is 4.79 Å². The highest BCUT2D eigenvalue weighted by Crippen LogP contribution is 2.22. The third-order valence-corrected chi connectivity index (χ3v) is 5.40. The Bertz CT molecular complexity index is 1440. The molecule has 0 bridgehead atoms. The average Bonchev–Trinajstić information content (AvgIpc) is 3.29. The number of fused-ring (bicyclic) bond motifs is 1. The van der Waals surface area contributed by atoms with Gasteiger partial charge in [0.25, 0.3) is 0 Å². The van der Waals surface area contributed by atoms with Crippen LogP contribution in [0, 0.1) is 0 Å². The molecule has 0 atom stereocenters. The molecule has 0 fully saturated rings. The van der Waals surface area contributed by atoms with E-state index >= 15 is 0 Å². The summed E-state index contributed by atoms with van der Waals surface area (Å²) < 4.78 is 1.92. The van der Waals surface area contributed by atoms with Gasteiger partial charge >= 0.3 is 0 Å². The smallest absolute Gasteiger partial charge is 0.244 e. The lowest BCUT2D eigenvalue weighted by atomic mass is 10.1. The van der Waals surface area contributed by atoms with Gasteiger partial charge in [-0.3, -0.25) is 14.5 Å². The van der Waals surface area contributed by atoms with Crippen LogP contribution in [0.25, 0.3) is 28.4 Å². The molecule has 0 saturated heterocycles. The Balaban J connectivity index is 1.31. The highest BCUT2D eigenvalue weighted by atomic mass is 16.1. The summed E-state index contributed by atoms with van der Waals surface area (Å²) in [5.41, 5.74) is 6.25. The highest BCUT2D eigenvalue weighted by molar-refractivity contribution is 5.91. The summed E-state index contributed by atoms with van der Waals surface area (Å²) in [5.74, 6) is -0.204. The monoisotopic (exact) mass is 445 g/mol. The van der Waals surface area contributed by atoms with Gasteiger partial charge in [-0.15, -0.1) is 0 Å². The minimum atomic E-state index is -0.204. The zero-order chi connectivity index (χ0) is 23.2. The van der Waals surface area contributed by atoms with Crippen molar-refractivity contribution >= 4 is 23.0 Å². The van der Waals surface area contributed by atoms with Crippen molar-refractivity contribution in [2.45, 2.75) is 13.1 Å². The SMILES string of the molecule is O=C(/C=C/c1cnc2ccccc2n1)NCc1cn(Cc2ccccc2)nc1-c1ccccc1. The van der Waals surface area contributed by atoms with Crippen LogP contribution in [0.5, 0.6) is 0 Å². The zero-order valence-corrected chi connectivity index (χ0v) is 18.5. The van der Waals surface area contributed by atoms with Gasteiger partial charge in [0, 0.05) is 29.9 Å². The number of hydrogen-bond donors (Lipinski definition) is 1. The molecule has 166 valence electrons. The molecule has 34 heavy (non-hydrogen) atoms. The second-order valence-electron chi connectivity index (χ2n) is 7.89. The van der Waals surface area contributed by atoms with Crippen molar-refractivity contribution in [3.8, 4) is 11.3 Å². The summed E-state index contributed by atoms with van der Waals surface area (Å²) in [6, 6.07) is 27.8. The summed E-state index contributed by atoms with van der Waals surface area (Å²) >= 11 is 0. The molecule has 5 aromatic rings. The lowest BCUT2D eigenvalue weighted by Gasteiger charge is -2.03. The van der Waals surface area contributed by atoms with Crippen LogP contribution in [0.4, 0.5) is 0 Å². The molecule has 5 rings (SSSR count). The Morgan fingerprint density at radius 2 is 1.59 bits per heavy atom. The Labute approximate surface area is 197 Å². The average molecular weight is 446 g/mol. The number of nitrogens with zero attached hydrogens (tertiary/aromatic N) is 4. The van der Waals surface area contributed by atoms with Gasteiger partial charge in [0.15, 0.2) is 0 Å². The van der Waals surface area contributed by atoms with Gasteiger partial charge in [-0.2, -0.15) is 5.10 Å². The van der Waals surface area contributed by atoms with E-state index in [0.717, 1.165) is 27.9 Å². The Morgan fingerprint density at radius 3 is 2.38 bits per heavy atom. The molecule has 0 saturated carbocycles. The quantitative estimate of drug-likeness (QED) is 0.363. The van der Waals surface area contributed by atoms with Gasteiger partial charge in [0.05, 0.1) is 35.2 Å². The van der Waals surface area contributed by atoms with Crippen molar-refractivity contribution in [1.29, 1.82) is 0 Å². The molecule has 2 aromatic heterocycles. The van der Waals surface area contributed by atoms with E-state index in [4.69, 9.17) is 5.10 Å². The van der Waals surface area contributed by atoms with E-state index in [1.54, 1.807) is 12.3 Å². The number of amides is 1. The fraction of sp³-hybridized carbons (Fsp3) is 0.0714. The number of carbonyl (C=O) groups excluding carboxylic acids is 1.